The van der Waals surface area contributed by atoms with Gasteiger partial charge in [-0.3, -0.25) is 4.79 Å². The zero-order valence-electron chi connectivity index (χ0n) is 22.2. The van der Waals surface area contributed by atoms with Gasteiger partial charge in [0.05, 0.1) is 6.54 Å². The van der Waals surface area contributed by atoms with Gasteiger partial charge in [0, 0.05) is 24.7 Å². The third-order valence-electron chi connectivity index (χ3n) is 6.61. The van der Waals surface area contributed by atoms with E-state index < -0.39 is 11.7 Å². The molecule has 2 aromatic carbocycles. The summed E-state index contributed by atoms with van der Waals surface area (Å²) < 4.78 is 17.8. The number of anilines is 1. The van der Waals surface area contributed by atoms with E-state index in [0.29, 0.717) is 30.3 Å². The van der Waals surface area contributed by atoms with Crippen molar-refractivity contribution >= 4 is 29.3 Å². The minimum Gasteiger partial charge on any atom is -0.471 e. The number of piperidine rings is 1. The van der Waals surface area contributed by atoms with Crippen molar-refractivity contribution in [2.45, 2.75) is 45.3 Å². The molecule has 1 aromatic heterocycles. The molecule has 9 nitrogen and oxygen atoms in total. The van der Waals surface area contributed by atoms with Gasteiger partial charge in [-0.25, -0.2) is 14.8 Å². The topological polar surface area (TPSA) is 94.1 Å². The number of halogens is 1. The molecule has 5 rings (SSSR count). The van der Waals surface area contributed by atoms with Gasteiger partial charge in [-0.1, -0.05) is 29.8 Å². The second-order valence-corrected chi connectivity index (χ2v) is 11.0. The first-order valence-electron chi connectivity index (χ1n) is 13.0. The molecule has 0 radical (unpaired) electrons. The van der Waals surface area contributed by atoms with Crippen LogP contribution in [0.3, 0.4) is 0 Å². The Bertz CT molecular complexity index is 1330. The van der Waals surface area contributed by atoms with Gasteiger partial charge in [-0.15, -0.1) is 0 Å². The van der Waals surface area contributed by atoms with Crippen molar-refractivity contribution in [1.29, 1.82) is 0 Å². The normalized spacial score (nSPS) is 19.5. The summed E-state index contributed by atoms with van der Waals surface area (Å²) in [6, 6.07) is 16.7. The van der Waals surface area contributed by atoms with Crippen LogP contribution in [0, 0.1) is 5.92 Å². The number of hydrogen-bond acceptors (Lipinski definition) is 7. The maximum atomic E-state index is 13.8. The van der Waals surface area contributed by atoms with Crippen LogP contribution < -0.4 is 14.4 Å². The van der Waals surface area contributed by atoms with Gasteiger partial charge in [0.15, 0.2) is 0 Å². The van der Waals surface area contributed by atoms with Crippen molar-refractivity contribution in [3.8, 4) is 17.4 Å². The zero-order valence-corrected chi connectivity index (χ0v) is 22.9. The van der Waals surface area contributed by atoms with Crippen molar-refractivity contribution in [3.05, 3.63) is 71.6 Å². The summed E-state index contributed by atoms with van der Waals surface area (Å²) in [6.45, 7) is 6.84. The number of fused-ring (bicyclic) bond motifs is 1. The average molecular weight is 551 g/mol. The van der Waals surface area contributed by atoms with E-state index >= 15 is 0 Å². The van der Waals surface area contributed by atoms with Crippen molar-refractivity contribution in [2.24, 2.45) is 5.92 Å². The second-order valence-electron chi connectivity index (χ2n) is 10.7. The highest BCUT2D eigenvalue weighted by Gasteiger charge is 2.39. The molecule has 0 saturated carbocycles. The SMILES string of the molecule is CC(C)(C)OC(=O)N1CCCC(C2CN(c3ccc(Oc4ccccc4)cc3)C(=O)c3c(Cl)ncnc3O2)C1. The first-order chi connectivity index (χ1) is 18.7. The summed E-state index contributed by atoms with van der Waals surface area (Å²) in [6.07, 6.45) is 2.11. The van der Waals surface area contributed by atoms with E-state index in [-0.39, 0.29) is 41.1 Å². The van der Waals surface area contributed by atoms with E-state index in [1.807, 2.05) is 75.4 Å². The van der Waals surface area contributed by atoms with Gasteiger partial charge in [0.1, 0.15) is 40.2 Å². The maximum absolute atomic E-state index is 13.8. The number of amides is 2. The summed E-state index contributed by atoms with van der Waals surface area (Å²) in [5.74, 6) is 1.10. The summed E-state index contributed by atoms with van der Waals surface area (Å²) >= 11 is 6.37. The lowest BCUT2D eigenvalue weighted by Gasteiger charge is -2.37. The highest BCUT2D eigenvalue weighted by molar-refractivity contribution is 6.33. The van der Waals surface area contributed by atoms with Crippen LogP contribution in [0.2, 0.25) is 5.15 Å². The molecule has 1 saturated heterocycles. The molecule has 10 heteroatoms. The van der Waals surface area contributed by atoms with Crippen molar-refractivity contribution < 1.29 is 23.8 Å². The van der Waals surface area contributed by atoms with E-state index in [0.717, 1.165) is 12.8 Å². The van der Waals surface area contributed by atoms with E-state index in [2.05, 4.69) is 9.97 Å². The lowest BCUT2D eigenvalue weighted by atomic mass is 9.92. The van der Waals surface area contributed by atoms with Crippen LogP contribution in [0.5, 0.6) is 17.4 Å². The predicted octanol–water partition coefficient (Wildman–Crippen LogP) is 5.98. The lowest BCUT2D eigenvalue weighted by Crippen LogP contribution is -2.49. The Hall–Kier alpha value is -3.85. The first kappa shape index (κ1) is 26.7. The third kappa shape index (κ3) is 6.25. The van der Waals surface area contributed by atoms with E-state index in [4.69, 9.17) is 25.8 Å². The average Bonchev–Trinajstić information content (AvgIpc) is 3.06. The molecule has 3 heterocycles. The molecule has 0 bridgehead atoms. The molecule has 0 N–H and O–H groups in total. The molecule has 2 aliphatic heterocycles. The fourth-order valence-corrected chi connectivity index (χ4v) is 4.99. The van der Waals surface area contributed by atoms with Gasteiger partial charge < -0.3 is 24.0 Å². The number of nitrogens with zero attached hydrogens (tertiary/aromatic N) is 4. The van der Waals surface area contributed by atoms with Crippen LogP contribution in [0.15, 0.2) is 60.9 Å². The lowest BCUT2D eigenvalue weighted by molar-refractivity contribution is 0.00684. The van der Waals surface area contributed by atoms with Gasteiger partial charge in [-0.05, 0) is 70.0 Å². The minimum atomic E-state index is -0.588. The van der Waals surface area contributed by atoms with E-state index in [9.17, 15) is 9.59 Å². The summed E-state index contributed by atoms with van der Waals surface area (Å²) in [4.78, 5) is 38.2. The number of likely N-dealkylation sites (tertiary alicyclic amines) is 1. The number of para-hydroxylation sites is 1. The number of ether oxygens (including phenoxy) is 3. The fourth-order valence-electron chi connectivity index (χ4n) is 4.79. The van der Waals surface area contributed by atoms with Crippen LogP contribution in [0.1, 0.15) is 44.0 Å². The molecule has 204 valence electrons. The largest absolute Gasteiger partial charge is 0.471 e. The second kappa shape index (κ2) is 11.1. The van der Waals surface area contributed by atoms with Crippen LogP contribution >= 0.6 is 11.6 Å². The highest BCUT2D eigenvalue weighted by atomic mass is 35.5. The van der Waals surface area contributed by atoms with Crippen LogP contribution in [-0.4, -0.2) is 58.2 Å². The highest BCUT2D eigenvalue weighted by Crippen LogP contribution is 2.35. The molecular weight excluding hydrogens is 520 g/mol. The number of carbonyl (C=O) groups excluding carboxylic acids is 2. The van der Waals surface area contributed by atoms with Crippen molar-refractivity contribution in [2.75, 3.05) is 24.5 Å². The Morgan fingerprint density at radius 3 is 2.46 bits per heavy atom. The molecule has 0 aliphatic carbocycles. The quantitative estimate of drug-likeness (QED) is 0.369. The first-order valence-corrected chi connectivity index (χ1v) is 13.4. The van der Waals surface area contributed by atoms with Gasteiger partial charge in [-0.2, -0.15) is 0 Å². The summed E-state index contributed by atoms with van der Waals surface area (Å²) in [5.41, 5.74) is 0.183. The zero-order chi connectivity index (χ0) is 27.6. The van der Waals surface area contributed by atoms with Crippen LogP contribution in [-0.2, 0) is 4.74 Å². The molecule has 3 aromatic rings. The number of aromatic nitrogens is 2. The number of carbonyl (C=O) groups is 2. The molecule has 2 atom stereocenters. The molecule has 1 fully saturated rings. The number of hydrogen-bond donors (Lipinski definition) is 0. The fraction of sp³-hybridized carbons (Fsp3) is 0.379. The Morgan fingerprint density at radius 1 is 1.03 bits per heavy atom. The van der Waals surface area contributed by atoms with E-state index in [1.54, 1.807) is 9.80 Å². The third-order valence-corrected chi connectivity index (χ3v) is 6.90. The van der Waals surface area contributed by atoms with E-state index in [1.165, 1.54) is 6.33 Å². The molecule has 39 heavy (non-hydrogen) atoms. The number of rotatable bonds is 4. The van der Waals surface area contributed by atoms with Crippen LogP contribution in [0.4, 0.5) is 10.5 Å². The van der Waals surface area contributed by atoms with Gasteiger partial charge in [0.25, 0.3) is 5.91 Å². The Labute approximate surface area is 232 Å². The Balaban J connectivity index is 1.41. The van der Waals surface area contributed by atoms with Crippen molar-refractivity contribution in [3.63, 3.8) is 0 Å². The predicted molar refractivity (Wildman–Crippen MR) is 147 cm³/mol. The smallest absolute Gasteiger partial charge is 0.410 e. The van der Waals surface area contributed by atoms with Crippen molar-refractivity contribution in [1.82, 2.24) is 14.9 Å². The molecule has 2 unspecified atom stereocenters. The van der Waals surface area contributed by atoms with Crippen LogP contribution in [0.25, 0.3) is 0 Å². The Kier molecular flexibility index (Phi) is 7.61. The molecular formula is C29H31ClN4O5. The molecule has 0 spiro atoms. The number of benzene rings is 2. The Morgan fingerprint density at radius 2 is 1.74 bits per heavy atom. The standard InChI is InChI=1S/C29H31ClN4O5/c1-29(2,3)39-28(36)33-15-7-8-19(16-33)23-17-34(27(35)24-25(30)31-18-32-26(24)38-23)20-11-13-22(14-12-20)37-21-9-5-4-6-10-21/h4-6,9-14,18-19,23H,7-8,15-17H2,1-3H3. The molecule has 2 amide bonds. The van der Waals surface area contributed by atoms with Gasteiger partial charge >= 0.3 is 6.09 Å². The molecule has 2 aliphatic rings. The summed E-state index contributed by atoms with van der Waals surface area (Å²) in [5, 5.41) is 0.0266. The van der Waals surface area contributed by atoms with Gasteiger partial charge in [0.2, 0.25) is 5.88 Å². The monoisotopic (exact) mass is 550 g/mol. The summed E-state index contributed by atoms with van der Waals surface area (Å²) in [7, 11) is 0. The minimum absolute atomic E-state index is 0.0266. The maximum Gasteiger partial charge on any atom is 0.410 e.